The van der Waals surface area contributed by atoms with Crippen molar-refractivity contribution in [1.29, 1.82) is 0 Å². The molecule has 1 heterocycles. The molecule has 0 fully saturated rings. The lowest BCUT2D eigenvalue weighted by Crippen LogP contribution is -2.15. The van der Waals surface area contributed by atoms with Crippen LogP contribution in [0.5, 0.6) is 0 Å². The molecular weight excluding hydrogens is 368 g/mol. The minimum Gasteiger partial charge on any atom is -0.326 e. The SMILES string of the molecule is Cc1nc2ccc(NC(=O)Cc3ccc(S(=O)(=O)C(C)C)cc3)cc2s1. The van der Waals surface area contributed by atoms with Gasteiger partial charge in [-0.05, 0) is 56.7 Å². The van der Waals surface area contributed by atoms with Crippen LogP contribution in [0.4, 0.5) is 5.69 Å². The lowest BCUT2D eigenvalue weighted by atomic mass is 10.1. The maximum absolute atomic E-state index is 12.3. The fraction of sp³-hybridized carbons (Fsp3) is 0.263. The number of rotatable bonds is 5. The summed E-state index contributed by atoms with van der Waals surface area (Å²) in [4.78, 5) is 17.0. The molecule has 0 saturated heterocycles. The third-order valence-electron chi connectivity index (χ3n) is 4.02. The second-order valence-corrected chi connectivity index (χ2v) is 10.1. The van der Waals surface area contributed by atoms with E-state index in [2.05, 4.69) is 10.3 Å². The zero-order valence-electron chi connectivity index (χ0n) is 14.8. The van der Waals surface area contributed by atoms with Crippen LogP contribution >= 0.6 is 11.3 Å². The van der Waals surface area contributed by atoms with Crippen LogP contribution in [0, 0.1) is 6.92 Å². The highest BCUT2D eigenvalue weighted by atomic mass is 32.2. The van der Waals surface area contributed by atoms with Gasteiger partial charge in [0.25, 0.3) is 0 Å². The molecule has 3 rings (SSSR count). The molecule has 1 amide bonds. The van der Waals surface area contributed by atoms with Crippen molar-refractivity contribution in [2.45, 2.75) is 37.3 Å². The van der Waals surface area contributed by atoms with Gasteiger partial charge in [0, 0.05) is 5.69 Å². The minimum atomic E-state index is -3.29. The Kier molecular flexibility index (Phi) is 5.11. The summed E-state index contributed by atoms with van der Waals surface area (Å²) in [5, 5.41) is 3.39. The Morgan fingerprint density at radius 3 is 2.50 bits per heavy atom. The van der Waals surface area contributed by atoms with E-state index in [1.54, 1.807) is 49.4 Å². The number of thiazole rings is 1. The number of fused-ring (bicyclic) bond motifs is 1. The maximum atomic E-state index is 12.3. The summed E-state index contributed by atoms with van der Waals surface area (Å²) < 4.78 is 25.3. The van der Waals surface area contributed by atoms with E-state index in [4.69, 9.17) is 0 Å². The standard InChI is InChI=1S/C19H20N2O3S2/c1-12(2)26(23,24)16-7-4-14(5-8-16)10-19(22)21-15-6-9-17-18(11-15)25-13(3)20-17/h4-9,11-12H,10H2,1-3H3,(H,21,22). The number of benzene rings is 2. The van der Waals surface area contributed by atoms with Gasteiger partial charge in [0.05, 0.1) is 31.8 Å². The molecule has 0 bridgehead atoms. The average molecular weight is 389 g/mol. The van der Waals surface area contributed by atoms with Crippen molar-refractivity contribution in [3.63, 3.8) is 0 Å². The molecule has 2 aromatic carbocycles. The summed E-state index contributed by atoms with van der Waals surface area (Å²) in [6, 6.07) is 12.1. The van der Waals surface area contributed by atoms with Crippen molar-refractivity contribution in [1.82, 2.24) is 4.98 Å². The highest BCUT2D eigenvalue weighted by Gasteiger charge is 2.18. The summed E-state index contributed by atoms with van der Waals surface area (Å²) in [6.07, 6.45) is 0.182. The van der Waals surface area contributed by atoms with Crippen molar-refractivity contribution < 1.29 is 13.2 Å². The Labute approximate surface area is 157 Å². The van der Waals surface area contributed by atoms with Crippen LogP contribution in [0.25, 0.3) is 10.2 Å². The summed E-state index contributed by atoms with van der Waals surface area (Å²) in [5.41, 5.74) is 2.41. The number of hydrogen-bond acceptors (Lipinski definition) is 5. The van der Waals surface area contributed by atoms with Gasteiger partial charge in [-0.15, -0.1) is 11.3 Å². The number of nitrogens with zero attached hydrogens (tertiary/aromatic N) is 1. The molecule has 0 aliphatic carbocycles. The van der Waals surface area contributed by atoms with E-state index >= 15 is 0 Å². The second-order valence-electron chi connectivity index (χ2n) is 6.38. The number of aromatic nitrogens is 1. The number of anilines is 1. The number of carbonyl (C=O) groups excluding carboxylic acids is 1. The van der Waals surface area contributed by atoms with Crippen LogP contribution in [0.1, 0.15) is 24.4 Å². The zero-order valence-corrected chi connectivity index (χ0v) is 16.4. The van der Waals surface area contributed by atoms with Crippen LogP contribution in [0.2, 0.25) is 0 Å². The van der Waals surface area contributed by atoms with Gasteiger partial charge >= 0.3 is 0 Å². The van der Waals surface area contributed by atoms with Crippen molar-refractivity contribution in [2.75, 3.05) is 5.32 Å². The lowest BCUT2D eigenvalue weighted by Gasteiger charge is -2.09. The smallest absolute Gasteiger partial charge is 0.228 e. The van der Waals surface area contributed by atoms with Gasteiger partial charge in [0.2, 0.25) is 5.91 Å². The molecule has 26 heavy (non-hydrogen) atoms. The monoisotopic (exact) mass is 388 g/mol. The van der Waals surface area contributed by atoms with E-state index in [9.17, 15) is 13.2 Å². The summed E-state index contributed by atoms with van der Waals surface area (Å²) in [5.74, 6) is -0.148. The van der Waals surface area contributed by atoms with Crippen LogP contribution in [0.3, 0.4) is 0 Å². The molecule has 136 valence electrons. The molecule has 0 spiro atoms. The van der Waals surface area contributed by atoms with Crippen LogP contribution in [-0.4, -0.2) is 24.6 Å². The Balaban J connectivity index is 1.69. The molecule has 0 saturated carbocycles. The normalized spacial score (nSPS) is 11.8. The Morgan fingerprint density at radius 1 is 1.15 bits per heavy atom. The predicted octanol–water partition coefficient (Wildman–Crippen LogP) is 3.97. The van der Waals surface area contributed by atoms with Crippen molar-refractivity contribution in [2.24, 2.45) is 0 Å². The molecule has 5 nitrogen and oxygen atoms in total. The molecule has 1 aromatic heterocycles. The quantitative estimate of drug-likeness (QED) is 0.717. The van der Waals surface area contributed by atoms with Crippen molar-refractivity contribution in [3.8, 4) is 0 Å². The molecule has 0 radical (unpaired) electrons. The second kappa shape index (κ2) is 7.17. The molecule has 0 aliphatic rings. The van der Waals surface area contributed by atoms with E-state index in [-0.39, 0.29) is 17.2 Å². The average Bonchev–Trinajstić information content (AvgIpc) is 2.94. The third kappa shape index (κ3) is 3.94. The molecule has 1 N–H and O–H groups in total. The molecular formula is C19H20N2O3S2. The third-order valence-corrected chi connectivity index (χ3v) is 7.12. The van der Waals surface area contributed by atoms with Crippen LogP contribution < -0.4 is 5.32 Å². The van der Waals surface area contributed by atoms with Crippen molar-refractivity contribution in [3.05, 3.63) is 53.0 Å². The summed E-state index contributed by atoms with van der Waals surface area (Å²) >= 11 is 1.58. The largest absolute Gasteiger partial charge is 0.326 e. The predicted molar refractivity (Wildman–Crippen MR) is 105 cm³/mol. The maximum Gasteiger partial charge on any atom is 0.228 e. The van der Waals surface area contributed by atoms with Gasteiger partial charge in [0.1, 0.15) is 0 Å². The molecule has 0 aliphatic heterocycles. The minimum absolute atomic E-state index is 0.148. The van der Waals surface area contributed by atoms with Crippen molar-refractivity contribution >= 4 is 43.0 Å². The molecule has 0 unspecified atom stereocenters. The number of nitrogens with one attached hydrogen (secondary N) is 1. The zero-order chi connectivity index (χ0) is 18.9. The first-order chi connectivity index (χ1) is 12.3. The first-order valence-corrected chi connectivity index (χ1v) is 10.6. The van der Waals surface area contributed by atoms with Gasteiger partial charge in [-0.3, -0.25) is 4.79 Å². The van der Waals surface area contributed by atoms with Gasteiger partial charge in [-0.2, -0.15) is 0 Å². The van der Waals surface area contributed by atoms with Gasteiger partial charge in [-0.25, -0.2) is 13.4 Å². The van der Waals surface area contributed by atoms with E-state index < -0.39 is 15.1 Å². The van der Waals surface area contributed by atoms with E-state index in [0.717, 1.165) is 26.5 Å². The van der Waals surface area contributed by atoms with E-state index in [0.29, 0.717) is 0 Å². The number of carbonyl (C=O) groups is 1. The Hall–Kier alpha value is -2.25. The van der Waals surface area contributed by atoms with Crippen LogP contribution in [0.15, 0.2) is 47.4 Å². The highest BCUT2D eigenvalue weighted by Crippen LogP contribution is 2.25. The van der Waals surface area contributed by atoms with Gasteiger partial charge in [0.15, 0.2) is 9.84 Å². The fourth-order valence-electron chi connectivity index (χ4n) is 2.58. The number of hydrogen-bond donors (Lipinski definition) is 1. The lowest BCUT2D eigenvalue weighted by molar-refractivity contribution is -0.115. The summed E-state index contributed by atoms with van der Waals surface area (Å²) in [6.45, 7) is 5.25. The Bertz CT molecular complexity index is 1050. The van der Waals surface area contributed by atoms with E-state index in [1.165, 1.54) is 0 Å². The number of sulfone groups is 1. The topological polar surface area (TPSA) is 76.1 Å². The molecule has 0 atom stereocenters. The van der Waals surface area contributed by atoms with Crippen LogP contribution in [-0.2, 0) is 21.1 Å². The Morgan fingerprint density at radius 2 is 1.85 bits per heavy atom. The number of aryl methyl sites for hydroxylation is 1. The first kappa shape index (κ1) is 18.5. The fourth-order valence-corrected chi connectivity index (χ4v) is 4.50. The number of amides is 1. The first-order valence-electron chi connectivity index (χ1n) is 8.25. The summed E-state index contributed by atoms with van der Waals surface area (Å²) in [7, 11) is -3.29. The van der Waals surface area contributed by atoms with E-state index in [1.807, 2.05) is 25.1 Å². The molecule has 3 aromatic rings. The van der Waals surface area contributed by atoms with Gasteiger partial charge < -0.3 is 5.32 Å². The highest BCUT2D eigenvalue weighted by molar-refractivity contribution is 7.92. The van der Waals surface area contributed by atoms with Gasteiger partial charge in [-0.1, -0.05) is 12.1 Å². The molecule has 7 heteroatoms.